The molecule has 4 nitrogen and oxygen atoms in total. The molecule has 0 radical (unpaired) electrons. The van der Waals surface area contributed by atoms with Crippen LogP contribution < -0.4 is 5.32 Å². The van der Waals surface area contributed by atoms with Crippen LogP contribution in [-0.2, 0) is 4.79 Å². The lowest BCUT2D eigenvalue weighted by atomic mass is 10.4. The summed E-state index contributed by atoms with van der Waals surface area (Å²) in [6.07, 6.45) is 0.583. The van der Waals surface area contributed by atoms with E-state index < -0.39 is 10.6 Å². The highest BCUT2D eigenvalue weighted by atomic mass is 32.3. The topological polar surface area (TPSA) is 69.6 Å². The Morgan fingerprint density at radius 1 is 1.56 bits per heavy atom. The van der Waals surface area contributed by atoms with Gasteiger partial charge in [0.15, 0.2) is 0 Å². The lowest BCUT2D eigenvalue weighted by molar-refractivity contribution is -0.110. The highest BCUT2D eigenvalue weighted by Crippen LogP contribution is 2.48. The molecule has 54 valence electrons. The van der Waals surface area contributed by atoms with Crippen LogP contribution >= 0.6 is 10.6 Å². The summed E-state index contributed by atoms with van der Waals surface area (Å²) >= 11 is 0. The minimum Gasteiger partial charge on any atom is -0.353 e. The number of hydrogen-bond donors (Lipinski definition) is 3. The number of hydrogen-bond acceptors (Lipinski definition) is 3. The van der Waals surface area contributed by atoms with E-state index >= 15 is 0 Å². The normalized spacial score (nSPS) is 28.2. The number of nitrogens with one attached hydrogen (secondary N) is 1. The summed E-state index contributed by atoms with van der Waals surface area (Å²) < 4.78 is 17.6. The summed E-state index contributed by atoms with van der Waals surface area (Å²) in [6, 6.07) is -0.00694. The van der Waals surface area contributed by atoms with Gasteiger partial charge in [0.05, 0.1) is 17.5 Å². The van der Waals surface area contributed by atoms with Gasteiger partial charge in [-0.15, -0.1) is 0 Å². The summed E-state index contributed by atoms with van der Waals surface area (Å²) in [5.41, 5.74) is 0. The van der Waals surface area contributed by atoms with Crippen molar-refractivity contribution in [2.75, 3.05) is 11.5 Å². The highest BCUT2D eigenvalue weighted by molar-refractivity contribution is 8.25. The molecule has 1 saturated heterocycles. The lowest BCUT2D eigenvalue weighted by Gasteiger charge is -2.46. The molecule has 1 amide bonds. The summed E-state index contributed by atoms with van der Waals surface area (Å²) in [7, 11) is -2.27. The first kappa shape index (κ1) is 6.85. The SMILES string of the molecule is O=CNC1CS(O)(O)C1. The number of amides is 1. The Bertz CT molecular complexity index is 119. The van der Waals surface area contributed by atoms with Crippen molar-refractivity contribution in [3.63, 3.8) is 0 Å². The van der Waals surface area contributed by atoms with E-state index in [1.165, 1.54) is 0 Å². The molecule has 0 spiro atoms. The Balaban J connectivity index is 2.19. The van der Waals surface area contributed by atoms with Crippen LogP contribution in [0.1, 0.15) is 0 Å². The van der Waals surface area contributed by atoms with Gasteiger partial charge in [-0.05, 0) is 0 Å². The minimum absolute atomic E-state index is 0.00694. The van der Waals surface area contributed by atoms with E-state index in [4.69, 9.17) is 9.11 Å². The molecule has 1 heterocycles. The largest absolute Gasteiger partial charge is 0.353 e. The van der Waals surface area contributed by atoms with Crippen LogP contribution in [0, 0.1) is 0 Å². The molecule has 1 fully saturated rings. The third-order valence-electron chi connectivity index (χ3n) is 1.24. The van der Waals surface area contributed by atoms with Gasteiger partial charge in [0.2, 0.25) is 6.41 Å². The van der Waals surface area contributed by atoms with E-state index in [1.807, 2.05) is 0 Å². The zero-order valence-corrected chi connectivity index (χ0v) is 5.60. The molecule has 0 aromatic carbocycles. The van der Waals surface area contributed by atoms with Crippen molar-refractivity contribution in [3.05, 3.63) is 0 Å². The van der Waals surface area contributed by atoms with E-state index in [2.05, 4.69) is 5.32 Å². The Morgan fingerprint density at radius 3 is 2.44 bits per heavy atom. The van der Waals surface area contributed by atoms with Crippen LogP contribution in [-0.4, -0.2) is 33.1 Å². The average Bonchev–Trinajstić information content (AvgIpc) is 1.62. The fourth-order valence-corrected chi connectivity index (χ4v) is 2.17. The quantitative estimate of drug-likeness (QED) is 0.481. The molecule has 1 aliphatic rings. The maximum atomic E-state index is 9.75. The lowest BCUT2D eigenvalue weighted by Crippen LogP contribution is -2.47. The molecule has 3 N–H and O–H groups in total. The molecule has 0 saturated carbocycles. The van der Waals surface area contributed by atoms with Crippen LogP contribution in [0.5, 0.6) is 0 Å². The van der Waals surface area contributed by atoms with Gasteiger partial charge in [-0.25, -0.2) is 0 Å². The monoisotopic (exact) mass is 151 g/mol. The van der Waals surface area contributed by atoms with Crippen LogP contribution in [0.2, 0.25) is 0 Å². The summed E-state index contributed by atoms with van der Waals surface area (Å²) in [5, 5.41) is 2.46. The Labute approximate surface area is 54.6 Å². The number of carbonyl (C=O) groups is 1. The first-order valence-electron chi connectivity index (χ1n) is 2.57. The van der Waals surface area contributed by atoms with Crippen molar-refractivity contribution < 1.29 is 13.9 Å². The predicted molar refractivity (Wildman–Crippen MR) is 35.6 cm³/mol. The zero-order chi connectivity index (χ0) is 6.91. The molecule has 5 heteroatoms. The van der Waals surface area contributed by atoms with E-state index in [9.17, 15) is 4.79 Å². The van der Waals surface area contributed by atoms with Gasteiger partial charge in [-0.2, -0.15) is 10.6 Å². The van der Waals surface area contributed by atoms with Crippen LogP contribution in [0.4, 0.5) is 0 Å². The van der Waals surface area contributed by atoms with Gasteiger partial charge in [0.1, 0.15) is 0 Å². The second kappa shape index (κ2) is 2.17. The van der Waals surface area contributed by atoms with Crippen molar-refractivity contribution in [1.82, 2.24) is 5.32 Å². The molecule has 0 aromatic heterocycles. The highest BCUT2D eigenvalue weighted by Gasteiger charge is 2.32. The molecule has 0 aliphatic carbocycles. The molecule has 0 atom stereocenters. The van der Waals surface area contributed by atoms with Crippen molar-refractivity contribution in [2.45, 2.75) is 6.04 Å². The molecule has 0 bridgehead atoms. The van der Waals surface area contributed by atoms with E-state index in [1.54, 1.807) is 0 Å². The minimum atomic E-state index is -2.27. The number of rotatable bonds is 2. The second-order valence-electron chi connectivity index (χ2n) is 2.12. The van der Waals surface area contributed by atoms with Gasteiger partial charge < -0.3 is 5.32 Å². The summed E-state index contributed by atoms with van der Waals surface area (Å²) in [5.74, 6) is 0.650. The predicted octanol–water partition coefficient (Wildman–Crippen LogP) is -0.135. The standard InChI is InChI=1S/C4H9NO3S/c6-3-5-4-1-9(7,8)2-4/h3-4,7-8H,1-2H2,(H,5,6). The third-order valence-corrected chi connectivity index (χ3v) is 3.11. The first-order valence-corrected chi connectivity index (χ1v) is 4.46. The van der Waals surface area contributed by atoms with E-state index in [-0.39, 0.29) is 6.04 Å². The molecular formula is C4H9NO3S. The van der Waals surface area contributed by atoms with Crippen molar-refractivity contribution >= 4 is 17.0 Å². The van der Waals surface area contributed by atoms with Crippen LogP contribution in [0.15, 0.2) is 0 Å². The van der Waals surface area contributed by atoms with Crippen LogP contribution in [0.25, 0.3) is 0 Å². The number of carbonyl (C=O) groups excluding carboxylic acids is 1. The van der Waals surface area contributed by atoms with Crippen LogP contribution in [0.3, 0.4) is 0 Å². The summed E-state index contributed by atoms with van der Waals surface area (Å²) in [4.78, 5) is 9.75. The van der Waals surface area contributed by atoms with E-state index in [0.717, 1.165) is 0 Å². The first-order chi connectivity index (χ1) is 4.14. The maximum Gasteiger partial charge on any atom is 0.207 e. The van der Waals surface area contributed by atoms with Gasteiger partial charge in [-0.1, -0.05) is 0 Å². The van der Waals surface area contributed by atoms with Crippen molar-refractivity contribution in [2.24, 2.45) is 0 Å². The third kappa shape index (κ3) is 1.57. The Morgan fingerprint density at radius 2 is 2.11 bits per heavy atom. The van der Waals surface area contributed by atoms with E-state index in [0.29, 0.717) is 17.9 Å². The molecule has 1 rings (SSSR count). The van der Waals surface area contributed by atoms with Crippen molar-refractivity contribution in [1.29, 1.82) is 0 Å². The van der Waals surface area contributed by atoms with Gasteiger partial charge >= 0.3 is 0 Å². The fraction of sp³-hybridized carbons (Fsp3) is 0.750. The van der Waals surface area contributed by atoms with Gasteiger partial charge in [0, 0.05) is 0 Å². The molecule has 0 unspecified atom stereocenters. The molecule has 9 heavy (non-hydrogen) atoms. The Kier molecular flexibility index (Phi) is 1.65. The zero-order valence-electron chi connectivity index (χ0n) is 4.78. The Hall–Kier alpha value is -0.260. The molecule has 1 aliphatic heterocycles. The molecular weight excluding hydrogens is 142 g/mol. The second-order valence-corrected chi connectivity index (χ2v) is 4.39. The maximum absolute atomic E-state index is 9.75. The van der Waals surface area contributed by atoms with Gasteiger partial charge in [-0.3, -0.25) is 13.9 Å². The van der Waals surface area contributed by atoms with Gasteiger partial charge in [0.25, 0.3) is 0 Å². The fourth-order valence-electron chi connectivity index (χ4n) is 0.788. The smallest absolute Gasteiger partial charge is 0.207 e. The molecule has 0 aromatic rings. The summed E-state index contributed by atoms with van der Waals surface area (Å²) in [6.45, 7) is 0. The van der Waals surface area contributed by atoms with Crippen molar-refractivity contribution in [3.8, 4) is 0 Å². The average molecular weight is 151 g/mol.